The molecule has 32 heavy (non-hydrogen) atoms. The second-order valence-electron chi connectivity index (χ2n) is 6.73. The van der Waals surface area contributed by atoms with Gasteiger partial charge in [-0.1, -0.05) is 12.1 Å². The first-order valence-corrected chi connectivity index (χ1v) is 10.1. The van der Waals surface area contributed by atoms with Crippen LogP contribution in [0.15, 0.2) is 35.8 Å². The summed E-state index contributed by atoms with van der Waals surface area (Å²) in [7, 11) is 3.13. The van der Waals surface area contributed by atoms with Gasteiger partial charge in [0.1, 0.15) is 5.82 Å². The number of carbonyl (C=O) groups is 3. The first-order chi connectivity index (χ1) is 15.2. The lowest BCUT2D eigenvalue weighted by Crippen LogP contribution is -2.29. The number of hydrogen-bond acceptors (Lipinski definition) is 6. The highest BCUT2D eigenvalue weighted by atomic mass is 32.1. The fraction of sp³-hybridized carbons (Fsp3) is 0.211. The molecule has 0 aliphatic rings. The molecule has 2 aromatic heterocycles. The minimum atomic E-state index is -1.28. The zero-order valence-electron chi connectivity index (χ0n) is 17.1. The zero-order valence-corrected chi connectivity index (χ0v) is 17.9. The molecule has 0 unspecified atom stereocenters. The molecular formula is C19H20FN7O4S. The van der Waals surface area contributed by atoms with E-state index in [0.29, 0.717) is 16.4 Å². The second kappa shape index (κ2) is 9.87. The van der Waals surface area contributed by atoms with Crippen molar-refractivity contribution in [2.45, 2.75) is 13.1 Å². The van der Waals surface area contributed by atoms with E-state index in [1.54, 1.807) is 31.6 Å². The van der Waals surface area contributed by atoms with Crippen molar-refractivity contribution < 1.29 is 23.9 Å². The van der Waals surface area contributed by atoms with E-state index in [4.69, 9.17) is 5.11 Å². The molecule has 0 saturated heterocycles. The number of imidazole rings is 1. The van der Waals surface area contributed by atoms with Crippen LogP contribution in [0.5, 0.6) is 0 Å². The third-order valence-corrected chi connectivity index (χ3v) is 4.97. The van der Waals surface area contributed by atoms with E-state index >= 15 is 0 Å². The van der Waals surface area contributed by atoms with E-state index in [9.17, 15) is 18.8 Å². The number of thiazole rings is 1. The monoisotopic (exact) mass is 461 g/mol. The molecule has 168 valence electrons. The molecule has 0 spiro atoms. The Hall–Kier alpha value is -4.00. The molecule has 1 aromatic carbocycles. The summed E-state index contributed by atoms with van der Waals surface area (Å²) in [5, 5.41) is 18.1. The number of urea groups is 1. The number of halogens is 1. The number of nitrogens with zero attached hydrogens (tertiary/aromatic N) is 4. The Labute approximate surface area is 185 Å². The van der Waals surface area contributed by atoms with Crippen LogP contribution >= 0.6 is 11.3 Å². The standard InChI is InChI=1S/C19H20FN7O4S/c1-26-9-14(24-19(30)31)23-15(26)16(28)27(2)8-13-10-32-18(22-13)25-17(29)21-7-11-4-3-5-12(20)6-11/h3-6,9-10,24H,7-8H2,1-2H3,(H,30,31)(H2,21,22,25,29). The van der Waals surface area contributed by atoms with Crippen LogP contribution in [-0.4, -0.2) is 49.6 Å². The predicted octanol–water partition coefficient (Wildman–Crippen LogP) is 2.70. The molecule has 0 bridgehead atoms. The van der Waals surface area contributed by atoms with Gasteiger partial charge in [0, 0.05) is 32.2 Å². The maximum atomic E-state index is 13.2. The first kappa shape index (κ1) is 22.7. The number of aromatic nitrogens is 3. The molecule has 0 saturated carbocycles. The van der Waals surface area contributed by atoms with Crippen molar-refractivity contribution in [2.75, 3.05) is 17.7 Å². The van der Waals surface area contributed by atoms with Crippen LogP contribution in [0.4, 0.5) is 24.9 Å². The number of rotatable bonds is 7. The summed E-state index contributed by atoms with van der Waals surface area (Å²) in [4.78, 5) is 45.0. The number of benzene rings is 1. The fourth-order valence-corrected chi connectivity index (χ4v) is 3.42. The molecule has 11 nitrogen and oxygen atoms in total. The number of amides is 4. The summed E-state index contributed by atoms with van der Waals surface area (Å²) < 4.78 is 14.6. The van der Waals surface area contributed by atoms with Crippen molar-refractivity contribution in [3.05, 3.63) is 58.7 Å². The average Bonchev–Trinajstić information content (AvgIpc) is 3.31. The van der Waals surface area contributed by atoms with Gasteiger partial charge in [0.2, 0.25) is 5.82 Å². The van der Waals surface area contributed by atoms with Crippen LogP contribution in [0, 0.1) is 5.82 Å². The minimum Gasteiger partial charge on any atom is -0.465 e. The van der Waals surface area contributed by atoms with Gasteiger partial charge in [-0.05, 0) is 17.7 Å². The Bertz CT molecular complexity index is 1150. The molecule has 4 N–H and O–H groups in total. The van der Waals surface area contributed by atoms with Crippen molar-refractivity contribution in [1.82, 2.24) is 24.8 Å². The van der Waals surface area contributed by atoms with Crippen LogP contribution in [-0.2, 0) is 20.1 Å². The lowest BCUT2D eigenvalue weighted by molar-refractivity contribution is 0.0768. The second-order valence-corrected chi connectivity index (χ2v) is 7.59. The Morgan fingerprint density at radius 2 is 2.03 bits per heavy atom. The quantitative estimate of drug-likeness (QED) is 0.426. The highest BCUT2D eigenvalue weighted by Crippen LogP contribution is 2.17. The van der Waals surface area contributed by atoms with E-state index in [1.165, 1.54) is 39.1 Å². The van der Waals surface area contributed by atoms with Gasteiger partial charge >= 0.3 is 12.1 Å². The molecule has 0 fully saturated rings. The van der Waals surface area contributed by atoms with Gasteiger partial charge in [0.15, 0.2) is 10.9 Å². The summed E-state index contributed by atoms with van der Waals surface area (Å²) in [6.07, 6.45) is 0.112. The van der Waals surface area contributed by atoms with E-state index in [0.717, 1.165) is 0 Å². The Morgan fingerprint density at radius 1 is 1.25 bits per heavy atom. The van der Waals surface area contributed by atoms with Gasteiger partial charge in [-0.15, -0.1) is 11.3 Å². The summed E-state index contributed by atoms with van der Waals surface area (Å²) in [6, 6.07) is 5.41. The number of carboxylic acid groups (broad SMARTS) is 1. The smallest absolute Gasteiger partial charge is 0.410 e. The van der Waals surface area contributed by atoms with Gasteiger partial charge in [0.25, 0.3) is 5.91 Å². The minimum absolute atomic E-state index is 0.0427. The third kappa shape index (κ3) is 6.01. The summed E-state index contributed by atoms with van der Waals surface area (Å²) in [5.74, 6) is -0.711. The van der Waals surface area contributed by atoms with Crippen molar-refractivity contribution in [1.29, 1.82) is 0 Å². The molecule has 3 aromatic rings. The Morgan fingerprint density at radius 3 is 2.75 bits per heavy atom. The SMILES string of the molecule is CN(Cc1csc(NC(=O)NCc2cccc(F)c2)n1)C(=O)c1nc(NC(=O)O)cn1C. The van der Waals surface area contributed by atoms with Crippen molar-refractivity contribution in [3.8, 4) is 0 Å². The normalized spacial score (nSPS) is 10.5. The summed E-state index contributed by atoms with van der Waals surface area (Å²) >= 11 is 1.19. The van der Waals surface area contributed by atoms with Crippen LogP contribution in [0.3, 0.4) is 0 Å². The lowest BCUT2D eigenvalue weighted by atomic mass is 10.2. The van der Waals surface area contributed by atoms with Gasteiger partial charge in [-0.3, -0.25) is 15.4 Å². The highest BCUT2D eigenvalue weighted by molar-refractivity contribution is 7.13. The third-order valence-electron chi connectivity index (χ3n) is 4.16. The molecule has 0 atom stereocenters. The number of carbonyl (C=O) groups excluding carboxylic acids is 2. The van der Waals surface area contributed by atoms with Crippen molar-refractivity contribution in [3.63, 3.8) is 0 Å². The molecule has 0 aliphatic heterocycles. The van der Waals surface area contributed by atoms with Crippen LogP contribution in [0.1, 0.15) is 21.9 Å². The predicted molar refractivity (Wildman–Crippen MR) is 115 cm³/mol. The maximum Gasteiger partial charge on any atom is 0.410 e. The van der Waals surface area contributed by atoms with E-state index in [1.807, 2.05) is 0 Å². The lowest BCUT2D eigenvalue weighted by Gasteiger charge is -2.15. The number of anilines is 2. The van der Waals surface area contributed by atoms with Crippen molar-refractivity contribution >= 4 is 40.3 Å². The number of nitrogens with one attached hydrogen (secondary N) is 3. The van der Waals surface area contributed by atoms with Crippen LogP contribution < -0.4 is 16.0 Å². The molecule has 2 heterocycles. The topological polar surface area (TPSA) is 141 Å². The Balaban J connectivity index is 1.54. The molecule has 13 heteroatoms. The summed E-state index contributed by atoms with van der Waals surface area (Å²) in [6.45, 7) is 0.304. The largest absolute Gasteiger partial charge is 0.465 e. The van der Waals surface area contributed by atoms with Gasteiger partial charge < -0.3 is 19.9 Å². The van der Waals surface area contributed by atoms with Crippen molar-refractivity contribution in [2.24, 2.45) is 7.05 Å². The first-order valence-electron chi connectivity index (χ1n) is 9.23. The molecule has 4 amide bonds. The average molecular weight is 461 g/mol. The molecular weight excluding hydrogens is 441 g/mol. The van der Waals surface area contributed by atoms with Gasteiger partial charge in [-0.25, -0.2) is 23.9 Å². The van der Waals surface area contributed by atoms with E-state index in [2.05, 4.69) is 25.9 Å². The zero-order chi connectivity index (χ0) is 23.3. The number of aryl methyl sites for hydroxylation is 1. The highest BCUT2D eigenvalue weighted by Gasteiger charge is 2.20. The van der Waals surface area contributed by atoms with Gasteiger partial charge in [0.05, 0.1) is 12.2 Å². The number of hydrogen-bond donors (Lipinski definition) is 4. The van der Waals surface area contributed by atoms with E-state index < -0.39 is 18.0 Å². The Kier molecular flexibility index (Phi) is 7.00. The maximum absolute atomic E-state index is 13.2. The molecule has 0 aliphatic carbocycles. The molecule has 3 rings (SSSR count). The fourth-order valence-electron chi connectivity index (χ4n) is 2.73. The summed E-state index contributed by atoms with van der Waals surface area (Å²) in [5.41, 5.74) is 1.17. The van der Waals surface area contributed by atoms with Crippen LogP contribution in [0.2, 0.25) is 0 Å². The van der Waals surface area contributed by atoms with Crippen LogP contribution in [0.25, 0.3) is 0 Å². The molecule has 0 radical (unpaired) electrons. The van der Waals surface area contributed by atoms with E-state index in [-0.39, 0.29) is 30.5 Å². The van der Waals surface area contributed by atoms with Gasteiger partial charge in [-0.2, -0.15) is 0 Å².